The summed E-state index contributed by atoms with van der Waals surface area (Å²) in [6.07, 6.45) is -6.45. The third-order valence-electron chi connectivity index (χ3n) is 2.75. The van der Waals surface area contributed by atoms with Gasteiger partial charge in [-0.2, -0.15) is 0 Å². The molecule has 112 valence electrons. The highest BCUT2D eigenvalue weighted by molar-refractivity contribution is 5.84. The predicted octanol–water partition coefficient (Wildman–Crippen LogP) is 1.92. The minimum absolute atomic E-state index is 0.0896. The zero-order valence-electron chi connectivity index (χ0n) is 26.6. The second-order valence-corrected chi connectivity index (χ2v) is 4.16. The van der Waals surface area contributed by atoms with Gasteiger partial charge in [-0.15, -0.1) is 0 Å². The molecule has 0 spiro atoms. The van der Waals surface area contributed by atoms with Crippen LogP contribution in [-0.4, -0.2) is 49.0 Å². The summed E-state index contributed by atoms with van der Waals surface area (Å²) >= 11 is 0. The molecule has 1 aliphatic heterocycles. The Morgan fingerprint density at radius 2 is 2.62 bits per heavy atom. The number of H-pyrrole nitrogens is 1. The number of benzene rings is 1. The molecule has 1 aliphatic rings. The number of rotatable bonds is 5. The second-order valence-electron chi connectivity index (χ2n) is 4.16. The van der Waals surface area contributed by atoms with E-state index >= 15 is 0 Å². The van der Waals surface area contributed by atoms with Crippen LogP contribution in [0, 0.1) is 0 Å². The van der Waals surface area contributed by atoms with Gasteiger partial charge in [-0.3, -0.25) is 0 Å². The highest BCUT2D eigenvalue weighted by Gasteiger charge is 2.22. The van der Waals surface area contributed by atoms with E-state index in [0.29, 0.717) is 4.98 Å². The molecule has 1 aromatic heterocycles. The summed E-state index contributed by atoms with van der Waals surface area (Å²) in [5, 5.41) is -0.487. The molecule has 1 aromatic carbocycles. The van der Waals surface area contributed by atoms with Gasteiger partial charge in [0, 0.05) is 37.3 Å². The lowest BCUT2D eigenvalue weighted by Gasteiger charge is -2.09. The summed E-state index contributed by atoms with van der Waals surface area (Å²) in [5.74, 6) is 0. The standard InChI is InChI=1S/C16H21N3O2/c1-19(2)6-5-12-9-17-15-4-3-11(8-14(12)15)7-13-10-21-16(20)18-13/h3-4,8-9,13,17H,5-7,10H2,1-2H3,(H,18,20)/t13-/m0/s1/i1D3,2D3,6D2,7D2,9D,10D2,13D/hD2. The molecule has 0 radical (unpaired) electrons. The molecule has 5 nitrogen and oxygen atoms in total. The van der Waals surface area contributed by atoms with E-state index in [1.807, 2.05) is 0 Å². The molecule has 1 atom stereocenters. The molecule has 21 heavy (non-hydrogen) atoms. The van der Waals surface area contributed by atoms with Crippen molar-refractivity contribution in [2.24, 2.45) is 0 Å². The Balaban J connectivity index is 2.21. The van der Waals surface area contributed by atoms with Gasteiger partial charge in [-0.1, -0.05) is 6.07 Å². The molecule has 0 aliphatic carbocycles. The molecule has 0 unspecified atom stereocenters. The lowest BCUT2D eigenvalue weighted by molar-refractivity contribution is 0.177. The number of nitrogens with one attached hydrogen (secondary N) is 2. The fraction of sp³-hybridized carbons (Fsp3) is 0.438. The van der Waals surface area contributed by atoms with Gasteiger partial charge in [0.1, 0.15) is 6.56 Å². The van der Waals surface area contributed by atoms with E-state index in [0.717, 1.165) is 18.2 Å². The zero-order valence-corrected chi connectivity index (χ0v) is 10.6. The first kappa shape index (κ1) is 4.49. The molecule has 3 rings (SSSR count). The van der Waals surface area contributed by atoms with Gasteiger partial charge in [0.25, 0.3) is 0 Å². The lowest BCUT2D eigenvalue weighted by Crippen LogP contribution is -2.28. The van der Waals surface area contributed by atoms with Crippen LogP contribution in [0.2, 0.25) is 2.82 Å². The van der Waals surface area contributed by atoms with E-state index in [4.69, 9.17) is 22.0 Å². The molecular weight excluding hydrogens is 266 g/mol. The summed E-state index contributed by atoms with van der Waals surface area (Å²) in [6.45, 7) is -13.2. The van der Waals surface area contributed by atoms with Gasteiger partial charge in [-0.25, -0.2) is 4.79 Å². The van der Waals surface area contributed by atoms with Crippen molar-refractivity contribution < 1.29 is 31.5 Å². The van der Waals surface area contributed by atoms with E-state index in [9.17, 15) is 4.79 Å². The Bertz CT molecular complexity index is 1220. The monoisotopic (exact) mass is 303 g/mol. The van der Waals surface area contributed by atoms with Crippen LogP contribution in [0.15, 0.2) is 24.4 Å². The molecule has 2 heterocycles. The number of nitrogens with zero attached hydrogens (tertiary/aromatic N) is 1. The van der Waals surface area contributed by atoms with E-state index in [-0.39, 0.29) is 26.7 Å². The van der Waals surface area contributed by atoms with Crippen LogP contribution in [0.25, 0.3) is 10.9 Å². The van der Waals surface area contributed by atoms with Gasteiger partial charge in [0.2, 0.25) is 0 Å². The number of carbonyl (C=O) groups excluding carboxylic acids is 1. The maximum Gasteiger partial charge on any atom is 0.407 e. The molecular formula is C16H21N3O2. The molecule has 1 amide bonds. The van der Waals surface area contributed by atoms with Crippen molar-refractivity contribution in [3.63, 3.8) is 0 Å². The largest absolute Gasteiger partial charge is 0.447 e. The average Bonchev–Trinajstić information content (AvgIpc) is 3.02. The van der Waals surface area contributed by atoms with Gasteiger partial charge in [0.15, 0.2) is 2.82 Å². The normalized spacial score (nSPS) is 38.3. The number of fused-ring (bicyclic) bond motifs is 1. The first-order valence-electron chi connectivity index (χ1n) is 13.8. The third kappa shape index (κ3) is 3.19. The smallest absolute Gasteiger partial charge is 0.407 e. The SMILES string of the molecule is [2H]c1c(CC([2H])([2H])N(C([2H])([2H])[2H])C([2H])([2H])[2H])c2cc(C([2H])([2H])[C@]3([2H])N([2H])C(=O)OC3([2H])[2H])ccc2n1[2H]. The van der Waals surface area contributed by atoms with Crippen LogP contribution in [-0.2, 0) is 17.5 Å². The van der Waals surface area contributed by atoms with Crippen LogP contribution in [0.4, 0.5) is 4.79 Å². The van der Waals surface area contributed by atoms with Crippen molar-refractivity contribution in [3.8, 4) is 0 Å². The summed E-state index contributed by atoms with van der Waals surface area (Å²) < 4.78 is 131. The van der Waals surface area contributed by atoms with E-state index in [1.54, 1.807) is 0 Å². The number of alkyl carbamates (subject to hydrolysis) is 1. The lowest BCUT2D eigenvalue weighted by atomic mass is 10.0. The Morgan fingerprint density at radius 1 is 1.71 bits per heavy atom. The van der Waals surface area contributed by atoms with Gasteiger partial charge in [-0.05, 0) is 50.0 Å². The molecule has 2 aromatic rings. The number of carbonyl (C=O) groups is 1. The maximum atomic E-state index is 11.8. The van der Waals surface area contributed by atoms with Crippen molar-refractivity contribution in [2.45, 2.75) is 18.8 Å². The van der Waals surface area contributed by atoms with Crippen LogP contribution < -0.4 is 5.31 Å². The summed E-state index contributed by atoms with van der Waals surface area (Å²) in [6, 6.07) is -0.192. The number of hydrogen-bond donors (Lipinski definition) is 2. The summed E-state index contributed by atoms with van der Waals surface area (Å²) in [4.78, 5) is 12.0. The van der Waals surface area contributed by atoms with Crippen molar-refractivity contribution >= 4 is 17.0 Å². The number of cyclic esters (lactones) is 1. The quantitative estimate of drug-likeness (QED) is 0.887. The van der Waals surface area contributed by atoms with Crippen LogP contribution in [0.3, 0.4) is 0 Å². The Kier molecular flexibility index (Phi) is 1.23. The maximum absolute atomic E-state index is 11.8. The number of aromatic nitrogens is 1. The molecule has 1 saturated heterocycles. The average molecular weight is 303 g/mol. The summed E-state index contributed by atoms with van der Waals surface area (Å²) in [7, 11) is 0. The number of likely N-dealkylation sites (N-methyl/N-ethyl adjacent to an activating group) is 1. The fourth-order valence-corrected chi connectivity index (χ4v) is 1.85. The fourth-order valence-electron chi connectivity index (χ4n) is 1.85. The van der Waals surface area contributed by atoms with Gasteiger partial charge < -0.3 is 19.9 Å². The summed E-state index contributed by atoms with van der Waals surface area (Å²) in [5.41, 5.74) is -0.965. The van der Waals surface area contributed by atoms with Gasteiger partial charge >= 0.3 is 6.09 Å². The van der Waals surface area contributed by atoms with E-state index < -0.39 is 63.6 Å². The Hall–Kier alpha value is -2.01. The molecule has 1 fully saturated rings. The third-order valence-corrected chi connectivity index (χ3v) is 2.75. The first-order valence-corrected chi connectivity index (χ1v) is 5.87. The number of amides is 1. The molecule has 0 bridgehead atoms. The highest BCUT2D eigenvalue weighted by atomic mass is 16.6. The van der Waals surface area contributed by atoms with Gasteiger partial charge in [0.05, 0.1) is 11.5 Å². The molecule has 5 heteroatoms. The topological polar surface area (TPSA) is 57.4 Å². The minimum atomic E-state index is -3.42. The van der Waals surface area contributed by atoms with Crippen molar-refractivity contribution in [1.29, 1.82) is 0 Å². The van der Waals surface area contributed by atoms with Crippen molar-refractivity contribution in [3.05, 3.63) is 35.5 Å². The highest BCUT2D eigenvalue weighted by Crippen LogP contribution is 2.21. The molecule has 2 N–H and O–H groups in total. The number of aryl methyl sites for hydroxylation is 1. The predicted molar refractivity (Wildman–Crippen MR) is 82.5 cm³/mol. The van der Waals surface area contributed by atoms with Crippen molar-refractivity contribution in [2.75, 3.05) is 27.0 Å². The second kappa shape index (κ2) is 5.77. The zero-order chi connectivity index (χ0) is 28.7. The van der Waals surface area contributed by atoms with E-state index in [1.165, 1.54) is 0 Å². The van der Waals surface area contributed by atoms with Crippen LogP contribution in [0.5, 0.6) is 0 Å². The van der Waals surface area contributed by atoms with Crippen LogP contribution >= 0.6 is 0 Å². The number of aromatic amines is 1. The molecule has 0 saturated carbocycles. The Morgan fingerprint density at radius 3 is 3.38 bits per heavy atom. The van der Waals surface area contributed by atoms with Crippen LogP contribution in [0.1, 0.15) is 30.3 Å². The van der Waals surface area contributed by atoms with Crippen molar-refractivity contribution in [1.82, 2.24) is 15.2 Å². The minimum Gasteiger partial charge on any atom is -0.447 e. The van der Waals surface area contributed by atoms with E-state index in [2.05, 4.69) is 4.74 Å². The number of hydrogen-bond acceptors (Lipinski definition) is 3. The Labute approximate surface area is 146 Å². The first-order chi connectivity index (χ1) is 16.4. The number of ether oxygens (including phenoxy) is 1.